The Kier molecular flexibility index (Phi) is 5.57. The minimum atomic E-state index is -0.0992. The van der Waals surface area contributed by atoms with Crippen LogP contribution in [0.25, 0.3) is 16.9 Å². The summed E-state index contributed by atoms with van der Waals surface area (Å²) in [6.45, 7) is 6.81. The van der Waals surface area contributed by atoms with Crippen LogP contribution in [-0.2, 0) is 0 Å². The van der Waals surface area contributed by atoms with Gasteiger partial charge in [0, 0.05) is 16.6 Å². The standard InChI is InChI=1S/C21H22BrN3O/c1-4-10-23-21(26)18-13-24-25(19-9-8-14(2)11-15(19)3)20(18)16-6-5-7-17(22)12-16/h5-9,11-13H,4,10H2,1-3H3,(H,23,26). The van der Waals surface area contributed by atoms with Gasteiger partial charge in [0.1, 0.15) is 0 Å². The van der Waals surface area contributed by atoms with E-state index in [0.29, 0.717) is 12.1 Å². The summed E-state index contributed by atoms with van der Waals surface area (Å²) >= 11 is 3.53. The second-order valence-corrected chi connectivity index (χ2v) is 7.29. The molecular formula is C21H22BrN3O. The number of carbonyl (C=O) groups is 1. The van der Waals surface area contributed by atoms with Gasteiger partial charge in [-0.25, -0.2) is 4.68 Å². The molecule has 3 aromatic rings. The third-order valence-corrected chi connectivity index (χ3v) is 4.72. The molecule has 1 aromatic heterocycles. The third-order valence-electron chi connectivity index (χ3n) is 4.23. The topological polar surface area (TPSA) is 46.9 Å². The maximum absolute atomic E-state index is 12.7. The van der Waals surface area contributed by atoms with Gasteiger partial charge >= 0.3 is 0 Å². The maximum atomic E-state index is 12.7. The van der Waals surface area contributed by atoms with E-state index in [1.165, 1.54) is 5.56 Å². The summed E-state index contributed by atoms with van der Waals surface area (Å²) in [6, 6.07) is 14.2. The SMILES string of the molecule is CCCNC(=O)c1cnn(-c2ccc(C)cc2C)c1-c1cccc(Br)c1. The number of hydrogen-bond acceptors (Lipinski definition) is 2. The zero-order valence-electron chi connectivity index (χ0n) is 15.2. The van der Waals surface area contributed by atoms with Crippen LogP contribution in [0.2, 0.25) is 0 Å². The second-order valence-electron chi connectivity index (χ2n) is 6.37. The lowest BCUT2D eigenvalue weighted by Gasteiger charge is -2.13. The Morgan fingerprint density at radius 3 is 2.69 bits per heavy atom. The summed E-state index contributed by atoms with van der Waals surface area (Å²) in [5.41, 5.74) is 5.61. The first-order valence-electron chi connectivity index (χ1n) is 8.71. The number of halogens is 1. The molecule has 2 aromatic carbocycles. The van der Waals surface area contributed by atoms with Crippen molar-refractivity contribution in [2.24, 2.45) is 0 Å². The van der Waals surface area contributed by atoms with E-state index in [-0.39, 0.29) is 5.91 Å². The van der Waals surface area contributed by atoms with Crippen LogP contribution in [0, 0.1) is 13.8 Å². The second kappa shape index (κ2) is 7.87. The molecule has 0 saturated carbocycles. The van der Waals surface area contributed by atoms with Crippen molar-refractivity contribution in [3.8, 4) is 16.9 Å². The van der Waals surface area contributed by atoms with E-state index < -0.39 is 0 Å². The number of hydrogen-bond donors (Lipinski definition) is 1. The van der Waals surface area contributed by atoms with Crippen molar-refractivity contribution in [3.05, 3.63) is 69.8 Å². The number of rotatable bonds is 5. The first kappa shape index (κ1) is 18.4. The van der Waals surface area contributed by atoms with Gasteiger partial charge < -0.3 is 5.32 Å². The molecule has 5 heteroatoms. The summed E-state index contributed by atoms with van der Waals surface area (Å²) in [5.74, 6) is -0.0992. The summed E-state index contributed by atoms with van der Waals surface area (Å²) in [7, 11) is 0. The fourth-order valence-electron chi connectivity index (χ4n) is 2.99. The van der Waals surface area contributed by atoms with Gasteiger partial charge in [-0.1, -0.05) is 52.7 Å². The van der Waals surface area contributed by atoms with Gasteiger partial charge in [-0.2, -0.15) is 5.10 Å². The van der Waals surface area contributed by atoms with Crippen LogP contribution in [0.4, 0.5) is 0 Å². The highest BCUT2D eigenvalue weighted by atomic mass is 79.9. The maximum Gasteiger partial charge on any atom is 0.255 e. The van der Waals surface area contributed by atoms with Crippen molar-refractivity contribution in [3.63, 3.8) is 0 Å². The van der Waals surface area contributed by atoms with E-state index in [1.54, 1.807) is 6.20 Å². The van der Waals surface area contributed by atoms with E-state index in [2.05, 4.69) is 52.3 Å². The molecule has 0 fully saturated rings. The molecule has 0 radical (unpaired) electrons. The summed E-state index contributed by atoms with van der Waals surface area (Å²) in [6.07, 6.45) is 2.55. The van der Waals surface area contributed by atoms with Crippen LogP contribution in [0.3, 0.4) is 0 Å². The van der Waals surface area contributed by atoms with Gasteiger partial charge in [0.25, 0.3) is 5.91 Å². The molecule has 4 nitrogen and oxygen atoms in total. The number of amides is 1. The Morgan fingerprint density at radius 2 is 2.00 bits per heavy atom. The number of aryl methyl sites for hydroxylation is 2. The van der Waals surface area contributed by atoms with Gasteiger partial charge in [0.2, 0.25) is 0 Å². The van der Waals surface area contributed by atoms with Gasteiger partial charge in [-0.3, -0.25) is 4.79 Å². The predicted molar refractivity (Wildman–Crippen MR) is 109 cm³/mol. The Balaban J connectivity index is 2.19. The lowest BCUT2D eigenvalue weighted by atomic mass is 10.1. The molecule has 0 atom stereocenters. The molecule has 0 bridgehead atoms. The highest BCUT2D eigenvalue weighted by Crippen LogP contribution is 2.30. The number of carbonyl (C=O) groups excluding carboxylic acids is 1. The number of nitrogens with one attached hydrogen (secondary N) is 1. The molecule has 1 heterocycles. The number of benzene rings is 2. The van der Waals surface area contributed by atoms with Gasteiger partial charge in [-0.05, 0) is 44.0 Å². The highest BCUT2D eigenvalue weighted by molar-refractivity contribution is 9.10. The fourth-order valence-corrected chi connectivity index (χ4v) is 3.39. The summed E-state index contributed by atoms with van der Waals surface area (Å²) in [5, 5.41) is 7.51. The lowest BCUT2D eigenvalue weighted by Crippen LogP contribution is -2.24. The first-order valence-corrected chi connectivity index (χ1v) is 9.50. The van der Waals surface area contributed by atoms with Gasteiger partial charge in [0.05, 0.1) is 23.1 Å². The monoisotopic (exact) mass is 411 g/mol. The molecule has 0 unspecified atom stereocenters. The minimum Gasteiger partial charge on any atom is -0.352 e. The van der Waals surface area contributed by atoms with Crippen LogP contribution in [0.5, 0.6) is 0 Å². The molecule has 0 aliphatic carbocycles. The van der Waals surface area contributed by atoms with E-state index in [4.69, 9.17) is 0 Å². The van der Waals surface area contributed by atoms with E-state index in [9.17, 15) is 4.79 Å². The predicted octanol–water partition coefficient (Wildman–Crippen LogP) is 5.06. The molecule has 134 valence electrons. The smallest absolute Gasteiger partial charge is 0.255 e. The van der Waals surface area contributed by atoms with Crippen LogP contribution in [-0.4, -0.2) is 22.2 Å². The lowest BCUT2D eigenvalue weighted by molar-refractivity contribution is 0.0954. The van der Waals surface area contributed by atoms with E-state index in [1.807, 2.05) is 41.9 Å². The Labute approximate surface area is 162 Å². The Hall–Kier alpha value is -2.40. The van der Waals surface area contributed by atoms with Gasteiger partial charge in [0.15, 0.2) is 0 Å². The molecule has 1 N–H and O–H groups in total. The van der Waals surface area contributed by atoms with Crippen LogP contribution < -0.4 is 5.32 Å². The first-order chi connectivity index (χ1) is 12.5. The summed E-state index contributed by atoms with van der Waals surface area (Å²) in [4.78, 5) is 12.7. The Morgan fingerprint density at radius 1 is 1.19 bits per heavy atom. The molecule has 0 spiro atoms. The Bertz CT molecular complexity index is 946. The van der Waals surface area contributed by atoms with E-state index >= 15 is 0 Å². The average Bonchev–Trinajstić information content (AvgIpc) is 3.04. The van der Waals surface area contributed by atoms with Crippen molar-refractivity contribution >= 4 is 21.8 Å². The molecule has 26 heavy (non-hydrogen) atoms. The van der Waals surface area contributed by atoms with Crippen molar-refractivity contribution in [1.82, 2.24) is 15.1 Å². The number of nitrogens with zero attached hydrogens (tertiary/aromatic N) is 2. The normalized spacial score (nSPS) is 10.8. The minimum absolute atomic E-state index is 0.0992. The van der Waals surface area contributed by atoms with Crippen molar-refractivity contribution in [2.45, 2.75) is 27.2 Å². The molecule has 3 rings (SSSR count). The quantitative estimate of drug-likeness (QED) is 0.637. The zero-order chi connectivity index (χ0) is 18.7. The molecule has 0 aliphatic heterocycles. The largest absolute Gasteiger partial charge is 0.352 e. The molecule has 0 saturated heterocycles. The van der Waals surface area contributed by atoms with Crippen LogP contribution >= 0.6 is 15.9 Å². The molecule has 0 aliphatic rings. The van der Waals surface area contributed by atoms with Crippen LogP contribution in [0.15, 0.2) is 53.1 Å². The zero-order valence-corrected chi connectivity index (χ0v) is 16.8. The third kappa shape index (κ3) is 3.73. The fraction of sp³-hybridized carbons (Fsp3) is 0.238. The van der Waals surface area contributed by atoms with Crippen molar-refractivity contribution in [1.29, 1.82) is 0 Å². The highest BCUT2D eigenvalue weighted by Gasteiger charge is 2.20. The van der Waals surface area contributed by atoms with Crippen molar-refractivity contribution < 1.29 is 4.79 Å². The molecular weight excluding hydrogens is 390 g/mol. The summed E-state index contributed by atoms with van der Waals surface area (Å²) < 4.78 is 2.82. The molecule has 1 amide bonds. The average molecular weight is 412 g/mol. The van der Waals surface area contributed by atoms with Crippen molar-refractivity contribution in [2.75, 3.05) is 6.54 Å². The van der Waals surface area contributed by atoms with Crippen LogP contribution in [0.1, 0.15) is 34.8 Å². The van der Waals surface area contributed by atoms with Gasteiger partial charge in [-0.15, -0.1) is 0 Å². The van der Waals surface area contributed by atoms with E-state index in [0.717, 1.165) is 33.4 Å². The number of aromatic nitrogens is 2.